The zero-order chi connectivity index (χ0) is 31.1. The van der Waals surface area contributed by atoms with Crippen LogP contribution in [0.1, 0.15) is 29.4 Å². The van der Waals surface area contributed by atoms with E-state index in [4.69, 9.17) is 19.8 Å². The highest BCUT2D eigenvalue weighted by Gasteiger charge is 2.41. The summed E-state index contributed by atoms with van der Waals surface area (Å²) < 4.78 is 65.5. The molecule has 0 bridgehead atoms. The fourth-order valence-electron chi connectivity index (χ4n) is 4.38. The molecule has 2 N–H and O–H groups in total. The van der Waals surface area contributed by atoms with Crippen molar-refractivity contribution in [2.75, 3.05) is 33.7 Å². The molecular formula is C25H31F6N5O5. The van der Waals surface area contributed by atoms with Crippen LogP contribution >= 0.6 is 0 Å². The molecule has 2 aliphatic heterocycles. The molecule has 2 atom stereocenters. The van der Waals surface area contributed by atoms with Gasteiger partial charge in [-0.15, -0.1) is 0 Å². The number of imidazole rings is 1. The maximum atomic E-state index is 13.6. The van der Waals surface area contributed by atoms with Gasteiger partial charge in [-0.25, -0.2) is 14.6 Å². The van der Waals surface area contributed by atoms with Crippen LogP contribution in [-0.2, 0) is 34.4 Å². The Kier molecular flexibility index (Phi) is 11.3. The number of benzene rings is 1. The maximum absolute atomic E-state index is 13.6. The fraction of sp³-hybridized carbons (Fsp3) is 0.520. The van der Waals surface area contributed by atoms with E-state index in [0.29, 0.717) is 6.04 Å². The number of halogens is 6. The minimum Gasteiger partial charge on any atom is -0.475 e. The van der Waals surface area contributed by atoms with Gasteiger partial charge in [0.15, 0.2) is 0 Å². The van der Waals surface area contributed by atoms with E-state index in [1.807, 2.05) is 24.0 Å². The van der Waals surface area contributed by atoms with Crippen LogP contribution < -0.4 is 0 Å². The molecule has 0 radical (unpaired) electrons. The number of carboxylic acid groups (broad SMARTS) is 2. The first-order valence-electron chi connectivity index (χ1n) is 12.3. The molecule has 4 rings (SSSR count). The fourth-order valence-corrected chi connectivity index (χ4v) is 4.38. The number of carbonyl (C=O) groups is 3. The van der Waals surface area contributed by atoms with Crippen molar-refractivity contribution in [2.24, 2.45) is 7.05 Å². The minimum atomic E-state index is -5.08. The second kappa shape index (κ2) is 13.8. The zero-order valence-corrected chi connectivity index (χ0v) is 22.5. The molecular weight excluding hydrogens is 564 g/mol. The Morgan fingerprint density at radius 1 is 0.976 bits per heavy atom. The van der Waals surface area contributed by atoms with Gasteiger partial charge < -0.3 is 24.6 Å². The number of carboxylic acids is 2. The Morgan fingerprint density at radius 3 is 1.98 bits per heavy atom. The summed E-state index contributed by atoms with van der Waals surface area (Å²) in [5, 5.41) is 14.2. The van der Waals surface area contributed by atoms with Gasteiger partial charge in [0, 0.05) is 45.7 Å². The summed E-state index contributed by atoms with van der Waals surface area (Å²) in [6.45, 7) is 3.30. The molecule has 2 aliphatic rings. The lowest BCUT2D eigenvalue weighted by atomic mass is 10.00. The van der Waals surface area contributed by atoms with Crippen LogP contribution in [0, 0.1) is 0 Å². The minimum absolute atomic E-state index is 0.222. The maximum Gasteiger partial charge on any atom is 0.490 e. The molecule has 0 saturated carbocycles. The van der Waals surface area contributed by atoms with Crippen molar-refractivity contribution >= 4 is 17.8 Å². The SMILES string of the molecule is CN(C)C1CCN(C(=O)C2c3c(ncn3C)CCN2Cc2ccccc2)C1.O=C(O)C(F)(F)F.O=C(O)C(F)(F)F. The van der Waals surface area contributed by atoms with Crippen molar-refractivity contribution in [1.82, 2.24) is 24.3 Å². The number of hydrogen-bond donors (Lipinski definition) is 2. The van der Waals surface area contributed by atoms with Gasteiger partial charge in [-0.3, -0.25) is 9.69 Å². The number of aryl methyl sites for hydroxylation is 1. The van der Waals surface area contributed by atoms with E-state index >= 15 is 0 Å². The molecule has 228 valence electrons. The number of likely N-dealkylation sites (tertiary alicyclic amines) is 1. The lowest BCUT2D eigenvalue weighted by molar-refractivity contribution is -0.193. The predicted octanol–water partition coefficient (Wildman–Crippen LogP) is 2.95. The number of aromatic nitrogens is 2. The summed E-state index contributed by atoms with van der Waals surface area (Å²) in [6.07, 6.45) is -6.38. The molecule has 1 aromatic carbocycles. The Bertz CT molecular complexity index is 1160. The highest BCUT2D eigenvalue weighted by Crippen LogP contribution is 2.33. The van der Waals surface area contributed by atoms with E-state index in [0.717, 1.165) is 50.4 Å². The number of aliphatic carboxylic acids is 2. The lowest BCUT2D eigenvalue weighted by Gasteiger charge is -2.37. The van der Waals surface area contributed by atoms with Gasteiger partial charge >= 0.3 is 24.3 Å². The number of amides is 1. The number of alkyl halides is 6. The molecule has 2 unspecified atom stereocenters. The third-order valence-corrected chi connectivity index (χ3v) is 6.48. The summed E-state index contributed by atoms with van der Waals surface area (Å²) in [7, 11) is 6.20. The van der Waals surface area contributed by atoms with Crippen molar-refractivity contribution in [3.05, 3.63) is 53.6 Å². The number of rotatable bonds is 4. The predicted molar refractivity (Wildman–Crippen MR) is 133 cm³/mol. The second-order valence-electron chi connectivity index (χ2n) is 9.59. The number of fused-ring (bicyclic) bond motifs is 1. The molecule has 0 aliphatic carbocycles. The third-order valence-electron chi connectivity index (χ3n) is 6.48. The molecule has 1 aromatic heterocycles. The number of nitrogens with zero attached hydrogens (tertiary/aromatic N) is 5. The topological polar surface area (TPSA) is 119 Å². The Morgan fingerprint density at radius 2 is 1.51 bits per heavy atom. The monoisotopic (exact) mass is 595 g/mol. The molecule has 41 heavy (non-hydrogen) atoms. The molecule has 10 nitrogen and oxygen atoms in total. The van der Waals surface area contributed by atoms with Crippen LogP contribution in [0.15, 0.2) is 36.7 Å². The van der Waals surface area contributed by atoms with Crippen molar-refractivity contribution in [1.29, 1.82) is 0 Å². The first-order chi connectivity index (χ1) is 18.9. The van der Waals surface area contributed by atoms with Gasteiger partial charge in [0.2, 0.25) is 5.91 Å². The normalized spacial score (nSPS) is 19.0. The van der Waals surface area contributed by atoms with Crippen LogP contribution in [0.4, 0.5) is 26.3 Å². The number of hydrogen-bond acceptors (Lipinski definition) is 6. The van der Waals surface area contributed by atoms with Gasteiger partial charge in [-0.05, 0) is 26.1 Å². The van der Waals surface area contributed by atoms with Crippen LogP contribution in [0.3, 0.4) is 0 Å². The quantitative estimate of drug-likeness (QED) is 0.519. The second-order valence-corrected chi connectivity index (χ2v) is 9.59. The van der Waals surface area contributed by atoms with Gasteiger partial charge in [0.1, 0.15) is 6.04 Å². The standard InChI is InChI=1S/C21H29N5O.2C2HF3O2/c1-23(2)17-9-11-26(14-17)21(27)20-19-18(22-15-24(19)3)10-12-25(20)13-16-7-5-4-6-8-16;2*3-2(4,5)1(6)7/h4-8,15,17,20H,9-14H2,1-3H3;2*(H,6,7). The molecule has 0 spiro atoms. The molecule has 16 heteroatoms. The Hall–Kier alpha value is -3.66. The van der Waals surface area contributed by atoms with E-state index in [2.05, 4.69) is 58.0 Å². The number of likely N-dealkylation sites (N-methyl/N-ethyl adjacent to an activating group) is 1. The van der Waals surface area contributed by atoms with Crippen molar-refractivity contribution in [3.8, 4) is 0 Å². The van der Waals surface area contributed by atoms with E-state index in [1.54, 1.807) is 0 Å². The summed E-state index contributed by atoms with van der Waals surface area (Å²) in [4.78, 5) is 42.6. The lowest BCUT2D eigenvalue weighted by Crippen LogP contribution is -2.46. The highest BCUT2D eigenvalue weighted by molar-refractivity contribution is 5.84. The molecule has 1 saturated heterocycles. The van der Waals surface area contributed by atoms with Crippen molar-refractivity contribution < 1.29 is 50.9 Å². The molecule has 1 amide bonds. The largest absolute Gasteiger partial charge is 0.490 e. The Balaban J connectivity index is 0.000000349. The van der Waals surface area contributed by atoms with E-state index in [1.165, 1.54) is 5.56 Å². The molecule has 2 aromatic rings. The van der Waals surface area contributed by atoms with Crippen LogP contribution in [0.2, 0.25) is 0 Å². The van der Waals surface area contributed by atoms with Gasteiger partial charge in [-0.1, -0.05) is 30.3 Å². The zero-order valence-electron chi connectivity index (χ0n) is 22.5. The van der Waals surface area contributed by atoms with E-state index in [9.17, 15) is 31.1 Å². The van der Waals surface area contributed by atoms with Crippen LogP contribution in [0.5, 0.6) is 0 Å². The van der Waals surface area contributed by atoms with Gasteiger partial charge in [0.05, 0.1) is 17.7 Å². The summed E-state index contributed by atoms with van der Waals surface area (Å²) in [5.41, 5.74) is 3.38. The number of carbonyl (C=O) groups excluding carboxylic acids is 1. The van der Waals surface area contributed by atoms with Crippen molar-refractivity contribution in [2.45, 2.75) is 43.8 Å². The first kappa shape index (κ1) is 33.5. The Labute approximate surface area is 231 Å². The summed E-state index contributed by atoms with van der Waals surface area (Å²) in [6, 6.07) is 10.6. The third kappa shape index (κ3) is 9.45. The van der Waals surface area contributed by atoms with Crippen LogP contribution in [-0.4, -0.2) is 104 Å². The summed E-state index contributed by atoms with van der Waals surface area (Å²) in [5.74, 6) is -5.29. The van der Waals surface area contributed by atoms with Gasteiger partial charge in [-0.2, -0.15) is 26.3 Å². The van der Waals surface area contributed by atoms with Gasteiger partial charge in [0.25, 0.3) is 0 Å². The van der Waals surface area contributed by atoms with E-state index < -0.39 is 24.3 Å². The first-order valence-corrected chi connectivity index (χ1v) is 12.3. The van der Waals surface area contributed by atoms with Crippen molar-refractivity contribution in [3.63, 3.8) is 0 Å². The highest BCUT2D eigenvalue weighted by atomic mass is 19.4. The summed E-state index contributed by atoms with van der Waals surface area (Å²) >= 11 is 0. The van der Waals surface area contributed by atoms with E-state index in [-0.39, 0.29) is 11.9 Å². The average molecular weight is 596 g/mol. The van der Waals surface area contributed by atoms with Crippen LogP contribution in [0.25, 0.3) is 0 Å². The average Bonchev–Trinajstić information content (AvgIpc) is 3.52. The molecule has 1 fully saturated rings. The molecule has 3 heterocycles. The smallest absolute Gasteiger partial charge is 0.475 e.